The molecular formula is C33H28N6O3S. The van der Waals surface area contributed by atoms with Gasteiger partial charge in [-0.3, -0.25) is 24.9 Å². The van der Waals surface area contributed by atoms with Crippen LogP contribution in [0.3, 0.4) is 0 Å². The van der Waals surface area contributed by atoms with Gasteiger partial charge in [0.15, 0.2) is 0 Å². The Balaban J connectivity index is 1.35. The van der Waals surface area contributed by atoms with Gasteiger partial charge in [-0.2, -0.15) is 0 Å². The molecule has 0 saturated carbocycles. The average molecular weight is 589 g/mol. The van der Waals surface area contributed by atoms with E-state index in [4.69, 9.17) is 9.72 Å². The molecule has 0 bridgehead atoms. The molecule has 1 atom stereocenters. The zero-order chi connectivity index (χ0) is 29.8. The molecule has 9 nitrogen and oxygen atoms in total. The smallest absolute Gasteiger partial charge is 0.268 e. The number of nitrogens with one attached hydrogen (secondary N) is 1. The number of rotatable bonds is 9. The molecule has 214 valence electrons. The van der Waals surface area contributed by atoms with Crippen LogP contribution in [0.4, 0.5) is 11.6 Å². The van der Waals surface area contributed by atoms with Crippen LogP contribution in [-0.2, 0) is 11.3 Å². The number of imidazole rings is 1. The van der Waals surface area contributed by atoms with E-state index in [0.717, 1.165) is 21.5 Å². The van der Waals surface area contributed by atoms with Crippen LogP contribution in [0.5, 0.6) is 0 Å². The van der Waals surface area contributed by atoms with Crippen molar-refractivity contribution >= 4 is 45.8 Å². The molecule has 1 N–H and O–H groups in total. The van der Waals surface area contributed by atoms with Gasteiger partial charge >= 0.3 is 0 Å². The molecule has 4 aromatic heterocycles. The van der Waals surface area contributed by atoms with Crippen molar-refractivity contribution in [2.75, 3.05) is 24.4 Å². The second kappa shape index (κ2) is 12.4. The summed E-state index contributed by atoms with van der Waals surface area (Å²) in [5, 5.41) is 3.02. The van der Waals surface area contributed by atoms with Gasteiger partial charge in [-0.25, -0.2) is 4.98 Å². The fourth-order valence-corrected chi connectivity index (χ4v) is 5.73. The van der Waals surface area contributed by atoms with Crippen LogP contribution in [0.1, 0.15) is 31.7 Å². The van der Waals surface area contributed by atoms with Crippen LogP contribution in [0.25, 0.3) is 21.5 Å². The third-order valence-corrected chi connectivity index (χ3v) is 8.27. The lowest BCUT2D eigenvalue weighted by Crippen LogP contribution is -2.26. The number of hydrogen-bond donors (Lipinski definition) is 1. The molecule has 0 saturated heterocycles. The van der Waals surface area contributed by atoms with E-state index in [1.165, 1.54) is 11.3 Å². The standard InChI is InChI=1S/C33H28N6O3S/c1-38(32(41)22-8-4-3-5-9-22)25-12-13-27-26(18-25)36-33(39(27)21-28(42-2)23-10-6-16-34-19-23)37-31(40)30-15-14-29(43-30)24-11-7-17-35-20-24/h3-20,28H,21H2,1-2H3,(H,36,37,40)/t28-/m0/s1. The van der Waals surface area contributed by atoms with Gasteiger partial charge in [-0.15, -0.1) is 11.3 Å². The first kappa shape index (κ1) is 28.0. The molecule has 0 radical (unpaired) electrons. The van der Waals surface area contributed by atoms with Crippen molar-refractivity contribution < 1.29 is 14.3 Å². The maximum Gasteiger partial charge on any atom is 0.268 e. The third kappa shape index (κ3) is 5.92. The summed E-state index contributed by atoms with van der Waals surface area (Å²) in [4.78, 5) is 42.9. The topological polar surface area (TPSA) is 102 Å². The van der Waals surface area contributed by atoms with E-state index in [0.29, 0.717) is 34.1 Å². The Labute approximate surface area is 252 Å². The monoisotopic (exact) mass is 588 g/mol. The molecule has 2 amide bonds. The van der Waals surface area contributed by atoms with Crippen molar-refractivity contribution in [3.8, 4) is 10.4 Å². The number of nitrogens with zero attached hydrogens (tertiary/aromatic N) is 5. The lowest BCUT2D eigenvalue weighted by atomic mass is 10.1. The quantitative estimate of drug-likeness (QED) is 0.208. The zero-order valence-corrected chi connectivity index (χ0v) is 24.4. The summed E-state index contributed by atoms with van der Waals surface area (Å²) < 4.78 is 7.76. The second-order valence-electron chi connectivity index (χ2n) is 9.82. The number of carbonyl (C=O) groups is 2. The van der Waals surface area contributed by atoms with Crippen molar-refractivity contribution in [3.63, 3.8) is 0 Å². The van der Waals surface area contributed by atoms with Crippen LogP contribution in [0.15, 0.2) is 110 Å². The Bertz CT molecular complexity index is 1870. The van der Waals surface area contributed by atoms with Crippen LogP contribution in [0, 0.1) is 0 Å². The molecule has 2 aromatic carbocycles. The molecule has 0 aliphatic rings. The van der Waals surface area contributed by atoms with E-state index in [2.05, 4.69) is 15.3 Å². The Morgan fingerprint density at radius 2 is 1.74 bits per heavy atom. The number of thiophene rings is 1. The van der Waals surface area contributed by atoms with Gasteiger partial charge in [0, 0.05) is 66.2 Å². The fraction of sp³-hybridized carbons (Fsp3) is 0.121. The predicted octanol–water partition coefficient (Wildman–Crippen LogP) is 6.47. The number of anilines is 2. The normalized spacial score (nSPS) is 11.8. The molecule has 4 heterocycles. The molecular weight excluding hydrogens is 560 g/mol. The third-order valence-electron chi connectivity index (χ3n) is 7.13. The summed E-state index contributed by atoms with van der Waals surface area (Å²) >= 11 is 1.38. The first-order valence-corrected chi connectivity index (χ1v) is 14.4. The highest BCUT2D eigenvalue weighted by Crippen LogP contribution is 2.31. The van der Waals surface area contributed by atoms with Crippen molar-refractivity contribution in [1.29, 1.82) is 0 Å². The minimum atomic E-state index is -0.345. The van der Waals surface area contributed by atoms with Crippen molar-refractivity contribution in [3.05, 3.63) is 126 Å². The zero-order valence-electron chi connectivity index (χ0n) is 23.5. The molecule has 0 spiro atoms. The summed E-state index contributed by atoms with van der Waals surface area (Å²) in [6.07, 6.45) is 6.62. The van der Waals surface area contributed by atoms with Crippen molar-refractivity contribution in [2.45, 2.75) is 12.6 Å². The lowest BCUT2D eigenvalue weighted by Gasteiger charge is -2.19. The highest BCUT2D eigenvalue weighted by molar-refractivity contribution is 7.17. The summed E-state index contributed by atoms with van der Waals surface area (Å²) in [5.41, 5.74) is 4.52. The summed E-state index contributed by atoms with van der Waals surface area (Å²) in [7, 11) is 3.37. The summed E-state index contributed by atoms with van der Waals surface area (Å²) in [5.74, 6) is -0.0360. The Kier molecular flexibility index (Phi) is 8.03. The Hall–Kier alpha value is -5.19. The van der Waals surface area contributed by atoms with Gasteiger partial charge in [0.2, 0.25) is 5.95 Å². The molecule has 10 heteroatoms. The number of ether oxygens (including phenoxy) is 1. The fourth-order valence-electron chi connectivity index (χ4n) is 4.83. The average Bonchev–Trinajstić information content (AvgIpc) is 3.69. The van der Waals surface area contributed by atoms with Gasteiger partial charge in [-0.05, 0) is 54.6 Å². The number of pyridine rings is 2. The van der Waals surface area contributed by atoms with E-state index in [9.17, 15) is 9.59 Å². The van der Waals surface area contributed by atoms with Crippen LogP contribution < -0.4 is 10.2 Å². The molecule has 0 unspecified atom stereocenters. The van der Waals surface area contributed by atoms with Crippen LogP contribution in [-0.4, -0.2) is 45.5 Å². The SMILES string of the molecule is CO[C@@H](Cn1c(NC(=O)c2ccc(-c3cccnc3)s2)nc2cc(N(C)C(=O)c3ccccc3)ccc21)c1cccnc1. The number of aromatic nitrogens is 4. The summed E-state index contributed by atoms with van der Waals surface area (Å²) in [6.45, 7) is 0.373. The van der Waals surface area contributed by atoms with Crippen LogP contribution >= 0.6 is 11.3 Å². The maximum absolute atomic E-state index is 13.5. The molecule has 6 aromatic rings. The van der Waals surface area contributed by atoms with E-state index in [-0.39, 0.29) is 17.9 Å². The maximum atomic E-state index is 13.5. The first-order valence-electron chi connectivity index (χ1n) is 13.6. The highest BCUT2D eigenvalue weighted by Gasteiger charge is 2.22. The number of carbonyl (C=O) groups excluding carboxylic acids is 2. The first-order chi connectivity index (χ1) is 21.0. The number of benzene rings is 2. The van der Waals surface area contributed by atoms with E-state index in [1.54, 1.807) is 62.0 Å². The van der Waals surface area contributed by atoms with Crippen molar-refractivity contribution in [1.82, 2.24) is 19.5 Å². The minimum Gasteiger partial charge on any atom is -0.375 e. The summed E-state index contributed by atoms with van der Waals surface area (Å²) in [6, 6.07) is 26.1. The van der Waals surface area contributed by atoms with E-state index in [1.807, 2.05) is 71.3 Å². The lowest BCUT2D eigenvalue weighted by molar-refractivity contribution is 0.0887. The van der Waals surface area contributed by atoms with E-state index < -0.39 is 0 Å². The van der Waals surface area contributed by atoms with Gasteiger partial charge in [0.1, 0.15) is 6.10 Å². The Morgan fingerprint density at radius 1 is 0.953 bits per heavy atom. The number of methoxy groups -OCH3 is 1. The van der Waals surface area contributed by atoms with E-state index >= 15 is 0 Å². The molecule has 6 rings (SSSR count). The minimum absolute atomic E-state index is 0.133. The van der Waals surface area contributed by atoms with Gasteiger partial charge in [0.25, 0.3) is 11.8 Å². The Morgan fingerprint density at radius 3 is 2.47 bits per heavy atom. The predicted molar refractivity (Wildman–Crippen MR) is 168 cm³/mol. The molecule has 0 aliphatic carbocycles. The largest absolute Gasteiger partial charge is 0.375 e. The van der Waals surface area contributed by atoms with Crippen LogP contribution in [0.2, 0.25) is 0 Å². The number of amides is 2. The number of fused-ring (bicyclic) bond motifs is 1. The van der Waals surface area contributed by atoms with Crippen molar-refractivity contribution in [2.24, 2.45) is 0 Å². The van der Waals surface area contributed by atoms with Gasteiger partial charge in [0.05, 0.1) is 22.5 Å². The number of hydrogen-bond acceptors (Lipinski definition) is 7. The highest BCUT2D eigenvalue weighted by atomic mass is 32.1. The second-order valence-corrected chi connectivity index (χ2v) is 10.9. The molecule has 0 aliphatic heterocycles. The van der Waals surface area contributed by atoms with Gasteiger partial charge < -0.3 is 14.2 Å². The molecule has 43 heavy (non-hydrogen) atoms. The van der Waals surface area contributed by atoms with Gasteiger partial charge in [-0.1, -0.05) is 30.3 Å². The molecule has 0 fully saturated rings.